The molecule has 0 bridgehead atoms. The maximum Gasteiger partial charge on any atom is 0.197 e. The number of guanidine groups is 1. The summed E-state index contributed by atoms with van der Waals surface area (Å²) in [5.74, 6) is 0.682. The van der Waals surface area contributed by atoms with Gasteiger partial charge in [0.05, 0.1) is 6.34 Å². The Kier molecular flexibility index (Phi) is 1.03. The van der Waals surface area contributed by atoms with Crippen molar-refractivity contribution in [3.05, 3.63) is 11.5 Å². The first-order chi connectivity index (χ1) is 5.27. The van der Waals surface area contributed by atoms with Crippen LogP contribution in [-0.2, 0) is 0 Å². The van der Waals surface area contributed by atoms with Gasteiger partial charge < -0.3 is 22.1 Å². The van der Waals surface area contributed by atoms with Gasteiger partial charge in [0.1, 0.15) is 11.9 Å². The van der Waals surface area contributed by atoms with E-state index >= 15 is 0 Å². The van der Waals surface area contributed by atoms with Crippen molar-refractivity contribution in [3.8, 4) is 0 Å². The monoisotopic (exact) mass is 152 g/mol. The quantitative estimate of drug-likeness (QED) is 0.322. The van der Waals surface area contributed by atoms with Crippen molar-refractivity contribution in [2.24, 2.45) is 21.5 Å². The van der Waals surface area contributed by atoms with E-state index in [0.717, 1.165) is 0 Å². The molecule has 0 saturated heterocycles. The third-order valence-electron chi connectivity index (χ3n) is 1.51. The largest absolute Gasteiger partial charge is 0.382 e. The fraction of sp³-hybridized carbons (Fsp3) is 0.200. The van der Waals surface area contributed by atoms with Crippen LogP contribution in [0.3, 0.4) is 0 Å². The molecule has 0 saturated carbocycles. The predicted octanol–water partition coefficient (Wildman–Crippen LogP) is -2.01. The normalized spacial score (nSPS) is 27.3. The smallest absolute Gasteiger partial charge is 0.197 e. The summed E-state index contributed by atoms with van der Waals surface area (Å²) in [5.41, 5.74) is 11.6. The van der Waals surface area contributed by atoms with Crippen LogP contribution < -0.4 is 22.1 Å². The molecule has 6 heteroatoms. The number of hydrogen-bond donors (Lipinski definition) is 4. The SMILES string of the molecule is NC1=NC(N)=C2N=CNC2N1. The highest BCUT2D eigenvalue weighted by Crippen LogP contribution is 2.12. The summed E-state index contributed by atoms with van der Waals surface area (Å²) in [7, 11) is 0. The molecule has 0 aliphatic carbocycles. The number of nitrogens with two attached hydrogens (primary N) is 2. The van der Waals surface area contributed by atoms with Gasteiger partial charge in [0, 0.05) is 0 Å². The first-order valence-electron chi connectivity index (χ1n) is 3.16. The molecule has 0 amide bonds. The zero-order valence-electron chi connectivity index (χ0n) is 5.70. The molecule has 0 aromatic carbocycles. The van der Waals surface area contributed by atoms with Crippen LogP contribution in [0.4, 0.5) is 0 Å². The van der Waals surface area contributed by atoms with Crippen LogP contribution in [-0.4, -0.2) is 18.5 Å². The fourth-order valence-corrected chi connectivity index (χ4v) is 1.03. The van der Waals surface area contributed by atoms with Crippen molar-refractivity contribution in [2.75, 3.05) is 0 Å². The zero-order valence-corrected chi connectivity index (χ0v) is 5.70. The molecule has 0 aromatic rings. The van der Waals surface area contributed by atoms with E-state index in [-0.39, 0.29) is 6.17 Å². The lowest BCUT2D eigenvalue weighted by Gasteiger charge is -2.19. The van der Waals surface area contributed by atoms with Crippen molar-refractivity contribution in [1.29, 1.82) is 0 Å². The van der Waals surface area contributed by atoms with Gasteiger partial charge in [-0.05, 0) is 0 Å². The number of fused-ring (bicyclic) bond motifs is 1. The molecule has 6 nitrogen and oxygen atoms in total. The molecule has 11 heavy (non-hydrogen) atoms. The number of aliphatic imine (C=N–C) groups is 2. The first kappa shape index (κ1) is 6.02. The Labute approximate surface area is 63.1 Å². The molecule has 1 unspecified atom stereocenters. The van der Waals surface area contributed by atoms with Crippen LogP contribution in [0.5, 0.6) is 0 Å². The second kappa shape index (κ2) is 1.88. The van der Waals surface area contributed by atoms with Gasteiger partial charge >= 0.3 is 0 Å². The Morgan fingerprint density at radius 3 is 3.09 bits per heavy atom. The lowest BCUT2D eigenvalue weighted by Crippen LogP contribution is -2.49. The molecule has 1 atom stereocenters. The highest BCUT2D eigenvalue weighted by atomic mass is 15.3. The van der Waals surface area contributed by atoms with Gasteiger partial charge in [0.25, 0.3) is 0 Å². The van der Waals surface area contributed by atoms with Gasteiger partial charge in [-0.3, -0.25) is 0 Å². The van der Waals surface area contributed by atoms with Crippen molar-refractivity contribution in [1.82, 2.24) is 10.6 Å². The summed E-state index contributed by atoms with van der Waals surface area (Å²) in [6.07, 6.45) is 1.46. The summed E-state index contributed by atoms with van der Waals surface area (Å²) in [6, 6.07) is 0. The molecule has 0 spiro atoms. The highest BCUT2D eigenvalue weighted by molar-refractivity contribution is 5.82. The lowest BCUT2D eigenvalue weighted by atomic mass is 10.3. The van der Waals surface area contributed by atoms with E-state index in [4.69, 9.17) is 11.5 Å². The van der Waals surface area contributed by atoms with E-state index in [9.17, 15) is 0 Å². The molecule has 58 valence electrons. The average molecular weight is 152 g/mol. The van der Waals surface area contributed by atoms with Crippen LogP contribution in [0.25, 0.3) is 0 Å². The third kappa shape index (κ3) is 0.794. The van der Waals surface area contributed by atoms with Gasteiger partial charge in [0.2, 0.25) is 0 Å². The van der Waals surface area contributed by atoms with Gasteiger partial charge in [-0.2, -0.15) is 4.99 Å². The highest BCUT2D eigenvalue weighted by Gasteiger charge is 2.23. The van der Waals surface area contributed by atoms with Gasteiger partial charge in [-0.15, -0.1) is 0 Å². The fourth-order valence-electron chi connectivity index (χ4n) is 1.03. The lowest BCUT2D eigenvalue weighted by molar-refractivity contribution is 0.653. The number of nitrogens with zero attached hydrogens (tertiary/aromatic N) is 2. The van der Waals surface area contributed by atoms with Gasteiger partial charge in [-0.1, -0.05) is 0 Å². The standard InChI is InChI=1S/C5H8N6/c6-3-2-4(9-1-8-2)11-5(7)10-3/h1,4H,6H2,(H,8,9)(H3,7,10,11). The molecule has 0 radical (unpaired) electrons. The van der Waals surface area contributed by atoms with E-state index in [0.29, 0.717) is 17.5 Å². The van der Waals surface area contributed by atoms with Crippen molar-refractivity contribution in [3.63, 3.8) is 0 Å². The van der Waals surface area contributed by atoms with E-state index in [1.54, 1.807) is 6.34 Å². The Morgan fingerprint density at radius 1 is 1.45 bits per heavy atom. The molecule has 2 aliphatic rings. The van der Waals surface area contributed by atoms with Crippen LogP contribution in [0, 0.1) is 0 Å². The number of hydrogen-bond acceptors (Lipinski definition) is 6. The summed E-state index contributed by atoms with van der Waals surface area (Å²) in [5, 5.41) is 5.78. The molecule has 0 fully saturated rings. The van der Waals surface area contributed by atoms with Crippen LogP contribution in [0.2, 0.25) is 0 Å². The molecule has 6 N–H and O–H groups in total. The summed E-state index contributed by atoms with van der Waals surface area (Å²) < 4.78 is 0. The minimum atomic E-state index is -0.104. The van der Waals surface area contributed by atoms with E-state index in [2.05, 4.69) is 20.6 Å². The molecular formula is C5H8N6. The average Bonchev–Trinajstić information content (AvgIpc) is 2.34. The molecular weight excluding hydrogens is 144 g/mol. The Bertz CT molecular complexity index is 275. The molecule has 0 aromatic heterocycles. The third-order valence-corrected chi connectivity index (χ3v) is 1.51. The van der Waals surface area contributed by atoms with Crippen molar-refractivity contribution in [2.45, 2.75) is 6.17 Å². The van der Waals surface area contributed by atoms with Crippen LogP contribution >= 0.6 is 0 Å². The van der Waals surface area contributed by atoms with E-state index in [1.807, 2.05) is 0 Å². The van der Waals surface area contributed by atoms with E-state index < -0.39 is 0 Å². The zero-order chi connectivity index (χ0) is 7.84. The molecule has 2 heterocycles. The maximum absolute atomic E-state index is 5.53. The van der Waals surface area contributed by atoms with Gasteiger partial charge in [-0.25, -0.2) is 4.99 Å². The minimum absolute atomic E-state index is 0.104. The van der Waals surface area contributed by atoms with Crippen molar-refractivity contribution >= 4 is 12.3 Å². The van der Waals surface area contributed by atoms with E-state index in [1.165, 1.54) is 0 Å². The van der Waals surface area contributed by atoms with Crippen LogP contribution in [0.1, 0.15) is 0 Å². The number of nitrogens with one attached hydrogen (secondary N) is 2. The Hall–Kier alpha value is -1.72. The van der Waals surface area contributed by atoms with Crippen LogP contribution in [0.15, 0.2) is 21.5 Å². The minimum Gasteiger partial charge on any atom is -0.382 e. The molecule has 2 aliphatic heterocycles. The number of rotatable bonds is 0. The first-order valence-corrected chi connectivity index (χ1v) is 3.16. The second-order valence-electron chi connectivity index (χ2n) is 2.27. The topological polar surface area (TPSA) is 101 Å². The Morgan fingerprint density at radius 2 is 2.27 bits per heavy atom. The van der Waals surface area contributed by atoms with Gasteiger partial charge in [0.15, 0.2) is 11.8 Å². The molecule has 2 rings (SSSR count). The summed E-state index contributed by atoms with van der Waals surface area (Å²) >= 11 is 0. The van der Waals surface area contributed by atoms with Crippen molar-refractivity contribution < 1.29 is 0 Å². The predicted molar refractivity (Wildman–Crippen MR) is 41.4 cm³/mol. The summed E-state index contributed by atoms with van der Waals surface area (Å²) in [6.45, 7) is 0. The Balaban J connectivity index is 2.41. The summed E-state index contributed by atoms with van der Waals surface area (Å²) in [4.78, 5) is 7.78. The maximum atomic E-state index is 5.53. The second-order valence-corrected chi connectivity index (χ2v) is 2.27.